The maximum absolute atomic E-state index is 12.5. The summed E-state index contributed by atoms with van der Waals surface area (Å²) in [6.07, 6.45) is 0. The number of hydrogen-bond donors (Lipinski definition) is 1. The molecule has 0 unspecified atom stereocenters. The SMILES string of the molecule is Cn1c(C(C#N)=C(O)CN2C(=O)c3ccccc3C2=O)nc2ccccc21. The predicted molar refractivity (Wildman–Crippen MR) is 97.7 cm³/mol. The van der Waals surface area contributed by atoms with Crippen LogP contribution < -0.4 is 0 Å². The highest BCUT2D eigenvalue weighted by atomic mass is 16.3. The number of nitrogens with zero attached hydrogens (tertiary/aromatic N) is 4. The molecule has 4 rings (SSSR count). The summed E-state index contributed by atoms with van der Waals surface area (Å²) in [6, 6.07) is 15.7. The number of hydrogen-bond acceptors (Lipinski definition) is 5. The number of carbonyl (C=O) groups is 2. The van der Waals surface area contributed by atoms with E-state index in [4.69, 9.17) is 0 Å². The molecule has 7 heteroatoms. The molecule has 1 aromatic heterocycles. The number of imidazole rings is 1. The fourth-order valence-corrected chi connectivity index (χ4v) is 3.22. The average molecular weight is 358 g/mol. The van der Waals surface area contributed by atoms with Gasteiger partial charge >= 0.3 is 0 Å². The van der Waals surface area contributed by atoms with Crippen molar-refractivity contribution in [3.8, 4) is 6.07 Å². The molecule has 0 saturated carbocycles. The Kier molecular flexibility index (Phi) is 3.74. The minimum Gasteiger partial charge on any atom is -0.509 e. The first kappa shape index (κ1) is 16.5. The molecular formula is C20H14N4O3. The summed E-state index contributed by atoms with van der Waals surface area (Å²) >= 11 is 0. The molecule has 1 aliphatic rings. The summed E-state index contributed by atoms with van der Waals surface area (Å²) in [5.74, 6) is -1.10. The molecule has 3 aromatic rings. The lowest BCUT2D eigenvalue weighted by Gasteiger charge is -2.14. The third kappa shape index (κ3) is 2.47. The highest BCUT2D eigenvalue weighted by Gasteiger charge is 2.36. The first-order valence-corrected chi connectivity index (χ1v) is 8.22. The van der Waals surface area contributed by atoms with Gasteiger partial charge in [-0.25, -0.2) is 4.98 Å². The molecule has 0 spiro atoms. The van der Waals surface area contributed by atoms with Crippen molar-refractivity contribution >= 4 is 28.4 Å². The van der Waals surface area contributed by atoms with Gasteiger partial charge in [-0.2, -0.15) is 5.26 Å². The van der Waals surface area contributed by atoms with E-state index in [-0.39, 0.29) is 28.3 Å². The normalized spacial score (nSPS) is 14.3. The van der Waals surface area contributed by atoms with Gasteiger partial charge in [0.2, 0.25) is 0 Å². The van der Waals surface area contributed by atoms with Crippen LogP contribution in [0.4, 0.5) is 0 Å². The van der Waals surface area contributed by atoms with E-state index in [0.717, 1.165) is 10.4 Å². The third-order valence-corrected chi connectivity index (χ3v) is 4.60. The zero-order valence-corrected chi connectivity index (χ0v) is 14.4. The Bertz CT molecular complexity index is 1150. The van der Waals surface area contributed by atoms with Gasteiger partial charge in [0.1, 0.15) is 17.4 Å². The second-order valence-electron chi connectivity index (χ2n) is 6.16. The number of carbonyl (C=O) groups excluding carboxylic acids is 2. The van der Waals surface area contributed by atoms with E-state index in [1.807, 2.05) is 24.3 Å². The Morgan fingerprint density at radius 2 is 1.67 bits per heavy atom. The van der Waals surface area contributed by atoms with Crippen LogP contribution in [-0.2, 0) is 7.05 Å². The Balaban J connectivity index is 1.74. The van der Waals surface area contributed by atoms with E-state index < -0.39 is 18.4 Å². The van der Waals surface area contributed by atoms with Crippen molar-refractivity contribution in [3.63, 3.8) is 0 Å². The van der Waals surface area contributed by atoms with Crippen molar-refractivity contribution in [1.82, 2.24) is 14.5 Å². The number of aryl methyl sites for hydroxylation is 1. The summed E-state index contributed by atoms with van der Waals surface area (Å²) in [7, 11) is 1.73. The lowest BCUT2D eigenvalue weighted by Crippen LogP contribution is -2.32. The van der Waals surface area contributed by atoms with E-state index in [0.29, 0.717) is 5.52 Å². The van der Waals surface area contributed by atoms with Gasteiger partial charge in [0.25, 0.3) is 11.8 Å². The van der Waals surface area contributed by atoms with Gasteiger partial charge < -0.3 is 9.67 Å². The summed E-state index contributed by atoms with van der Waals surface area (Å²) in [6.45, 7) is -0.390. The highest BCUT2D eigenvalue weighted by molar-refractivity contribution is 6.21. The number of allylic oxidation sites excluding steroid dienone is 1. The Hall–Kier alpha value is -3.92. The fraction of sp³-hybridized carbons (Fsp3) is 0.100. The molecular weight excluding hydrogens is 344 g/mol. The number of nitriles is 1. The molecule has 2 amide bonds. The summed E-state index contributed by atoms with van der Waals surface area (Å²) < 4.78 is 1.69. The predicted octanol–water partition coefficient (Wildman–Crippen LogP) is 2.66. The molecule has 2 aromatic carbocycles. The van der Waals surface area contributed by atoms with Gasteiger partial charge in [-0.3, -0.25) is 14.5 Å². The average Bonchev–Trinajstić information content (AvgIpc) is 3.13. The number of benzene rings is 2. The number of aromatic nitrogens is 2. The number of para-hydroxylation sites is 2. The van der Waals surface area contributed by atoms with E-state index in [1.54, 1.807) is 41.9 Å². The van der Waals surface area contributed by atoms with Crippen LogP contribution in [0, 0.1) is 11.3 Å². The lowest BCUT2D eigenvalue weighted by molar-refractivity contribution is 0.0652. The molecule has 0 saturated heterocycles. The van der Waals surface area contributed by atoms with Gasteiger partial charge in [-0.1, -0.05) is 24.3 Å². The molecule has 27 heavy (non-hydrogen) atoms. The largest absolute Gasteiger partial charge is 0.509 e. The smallest absolute Gasteiger partial charge is 0.261 e. The Morgan fingerprint density at radius 3 is 2.26 bits per heavy atom. The second kappa shape index (κ2) is 6.11. The summed E-state index contributed by atoms with van der Waals surface area (Å²) in [5.41, 5.74) is 1.98. The quantitative estimate of drug-likeness (QED) is 0.441. The molecule has 0 atom stereocenters. The topological polar surface area (TPSA) is 99.2 Å². The van der Waals surface area contributed by atoms with E-state index in [9.17, 15) is 20.0 Å². The minimum atomic E-state index is -0.496. The Labute approximate surface area is 154 Å². The van der Waals surface area contributed by atoms with Gasteiger partial charge in [0.15, 0.2) is 5.82 Å². The van der Waals surface area contributed by atoms with Crippen molar-refractivity contribution in [2.75, 3.05) is 6.54 Å². The number of fused-ring (bicyclic) bond motifs is 2. The molecule has 1 aliphatic heterocycles. The van der Waals surface area contributed by atoms with E-state index >= 15 is 0 Å². The number of amides is 2. The van der Waals surface area contributed by atoms with Crippen LogP contribution >= 0.6 is 0 Å². The molecule has 1 N–H and O–H groups in total. The molecule has 0 fully saturated rings. The van der Waals surface area contributed by atoms with Crippen LogP contribution in [0.25, 0.3) is 16.6 Å². The molecule has 132 valence electrons. The molecule has 0 aliphatic carbocycles. The zero-order chi connectivity index (χ0) is 19.1. The first-order chi connectivity index (χ1) is 13.0. The van der Waals surface area contributed by atoms with Gasteiger partial charge in [-0.15, -0.1) is 0 Å². The third-order valence-electron chi connectivity index (χ3n) is 4.60. The molecule has 0 bridgehead atoms. The number of aliphatic hydroxyl groups is 1. The Morgan fingerprint density at radius 1 is 1.07 bits per heavy atom. The van der Waals surface area contributed by atoms with Gasteiger partial charge in [-0.05, 0) is 24.3 Å². The van der Waals surface area contributed by atoms with Gasteiger partial charge in [0, 0.05) is 7.05 Å². The van der Waals surface area contributed by atoms with Crippen molar-refractivity contribution in [1.29, 1.82) is 5.26 Å². The van der Waals surface area contributed by atoms with Gasteiger partial charge in [0.05, 0.1) is 28.7 Å². The number of aliphatic hydroxyl groups excluding tert-OH is 1. The number of imide groups is 1. The monoisotopic (exact) mass is 358 g/mol. The van der Waals surface area contributed by atoms with Crippen LogP contribution in [0.1, 0.15) is 26.5 Å². The van der Waals surface area contributed by atoms with Crippen molar-refractivity contribution < 1.29 is 14.7 Å². The van der Waals surface area contributed by atoms with E-state index in [2.05, 4.69) is 4.98 Å². The molecule has 7 nitrogen and oxygen atoms in total. The fourth-order valence-electron chi connectivity index (χ4n) is 3.22. The highest BCUT2D eigenvalue weighted by Crippen LogP contribution is 2.26. The summed E-state index contributed by atoms with van der Waals surface area (Å²) in [4.78, 5) is 30.3. The molecule has 0 radical (unpaired) electrons. The summed E-state index contributed by atoms with van der Waals surface area (Å²) in [5, 5.41) is 20.1. The second-order valence-corrected chi connectivity index (χ2v) is 6.16. The van der Waals surface area contributed by atoms with Crippen molar-refractivity contribution in [2.24, 2.45) is 7.05 Å². The first-order valence-electron chi connectivity index (χ1n) is 8.22. The minimum absolute atomic E-state index is 0.0785. The van der Waals surface area contributed by atoms with Crippen molar-refractivity contribution in [2.45, 2.75) is 0 Å². The van der Waals surface area contributed by atoms with Crippen LogP contribution in [0.5, 0.6) is 0 Å². The maximum atomic E-state index is 12.5. The standard InChI is InChI=1S/C20H14N4O3/c1-23-16-9-5-4-8-15(16)22-18(23)14(10-21)17(25)11-24-19(26)12-6-2-3-7-13(12)20(24)27/h2-9,25H,11H2,1H3. The lowest BCUT2D eigenvalue weighted by atomic mass is 10.1. The van der Waals surface area contributed by atoms with Crippen LogP contribution in [0.2, 0.25) is 0 Å². The van der Waals surface area contributed by atoms with Crippen molar-refractivity contribution in [3.05, 3.63) is 71.2 Å². The van der Waals surface area contributed by atoms with Crippen LogP contribution in [0.15, 0.2) is 54.3 Å². The molecule has 2 heterocycles. The number of rotatable bonds is 3. The van der Waals surface area contributed by atoms with Crippen LogP contribution in [0.3, 0.4) is 0 Å². The zero-order valence-electron chi connectivity index (χ0n) is 14.4. The van der Waals surface area contributed by atoms with E-state index in [1.165, 1.54) is 0 Å². The van der Waals surface area contributed by atoms with Crippen LogP contribution in [-0.4, -0.2) is 37.9 Å². The maximum Gasteiger partial charge on any atom is 0.261 e.